The lowest BCUT2D eigenvalue weighted by Crippen LogP contribution is -2.52. The predicted octanol–water partition coefficient (Wildman–Crippen LogP) is 2.68. The van der Waals surface area contributed by atoms with Gasteiger partial charge < -0.3 is 25.0 Å². The zero-order valence-electron chi connectivity index (χ0n) is 19.8. The Kier molecular flexibility index (Phi) is 5.98. The third kappa shape index (κ3) is 4.37. The first-order valence-electron chi connectivity index (χ1n) is 11.7. The van der Waals surface area contributed by atoms with E-state index >= 15 is 0 Å². The van der Waals surface area contributed by atoms with Crippen molar-refractivity contribution < 1.29 is 14.2 Å². The first-order valence-corrected chi connectivity index (χ1v) is 11.7. The fraction of sp³-hybridized carbons (Fsp3) is 0.565. The van der Waals surface area contributed by atoms with Crippen LogP contribution in [0.25, 0.3) is 10.9 Å². The number of hydrogen-bond acceptors (Lipinski definition) is 9. The number of rotatable bonds is 5. The molecule has 0 unspecified atom stereocenters. The molecule has 2 aliphatic rings. The first-order chi connectivity index (χ1) is 16.3. The summed E-state index contributed by atoms with van der Waals surface area (Å²) in [5, 5.41) is 19.2. The number of hydrogen-bond donors (Lipinski definition) is 2. The van der Waals surface area contributed by atoms with Gasteiger partial charge in [0.2, 0.25) is 5.95 Å². The molecular weight excluding hydrogens is 439 g/mol. The van der Waals surface area contributed by atoms with Crippen LogP contribution >= 0.6 is 0 Å². The number of nitrogens with zero attached hydrogens (tertiary/aromatic N) is 7. The van der Waals surface area contributed by atoms with E-state index in [9.17, 15) is 9.50 Å². The van der Waals surface area contributed by atoms with Crippen molar-refractivity contribution in [2.24, 2.45) is 0 Å². The van der Waals surface area contributed by atoms with Crippen molar-refractivity contribution in [1.82, 2.24) is 24.7 Å². The largest absolute Gasteiger partial charge is 0.387 e. The molecule has 0 spiro atoms. The number of pyridine rings is 1. The summed E-state index contributed by atoms with van der Waals surface area (Å²) < 4.78 is 21.8. The van der Waals surface area contributed by atoms with Gasteiger partial charge in [0.25, 0.3) is 0 Å². The maximum Gasteiger partial charge on any atom is 0.227 e. The van der Waals surface area contributed by atoms with Crippen molar-refractivity contribution >= 4 is 34.3 Å². The third-order valence-corrected chi connectivity index (χ3v) is 6.50. The lowest BCUT2D eigenvalue weighted by atomic mass is 9.92. The number of morpholine rings is 1. The fourth-order valence-corrected chi connectivity index (χ4v) is 4.37. The van der Waals surface area contributed by atoms with Crippen molar-refractivity contribution in [2.45, 2.75) is 45.0 Å². The molecule has 0 radical (unpaired) electrons. The Labute approximate surface area is 197 Å². The molecule has 5 rings (SSSR count). The lowest BCUT2D eigenvalue weighted by molar-refractivity contribution is -0.0332. The molecule has 0 aliphatic carbocycles. The van der Waals surface area contributed by atoms with E-state index in [1.807, 2.05) is 16.9 Å². The number of halogens is 1. The number of aliphatic hydroxyl groups is 1. The molecule has 2 saturated heterocycles. The number of piperidine rings is 1. The van der Waals surface area contributed by atoms with Crippen LogP contribution in [0.2, 0.25) is 0 Å². The Morgan fingerprint density at radius 3 is 2.71 bits per heavy atom. The van der Waals surface area contributed by atoms with Gasteiger partial charge in [-0.05, 0) is 33.3 Å². The summed E-state index contributed by atoms with van der Waals surface area (Å²) in [5.41, 5.74) is -0.327. The highest BCUT2D eigenvalue weighted by Crippen LogP contribution is 2.31. The molecule has 0 amide bonds. The van der Waals surface area contributed by atoms with E-state index < -0.39 is 11.8 Å². The number of fused-ring (bicyclic) bond motifs is 1. The Bertz CT molecular complexity index is 1160. The molecule has 182 valence electrons. The van der Waals surface area contributed by atoms with Crippen LogP contribution in [0.4, 0.5) is 27.8 Å². The summed E-state index contributed by atoms with van der Waals surface area (Å²) in [6.45, 7) is 9.27. The van der Waals surface area contributed by atoms with Crippen molar-refractivity contribution in [2.75, 3.05) is 54.5 Å². The fourth-order valence-electron chi connectivity index (χ4n) is 4.37. The minimum atomic E-state index is -1.36. The molecule has 0 bridgehead atoms. The Morgan fingerprint density at radius 2 is 1.97 bits per heavy atom. The van der Waals surface area contributed by atoms with Gasteiger partial charge in [0.05, 0.1) is 36.3 Å². The smallest absolute Gasteiger partial charge is 0.227 e. The number of nitrogens with one attached hydrogen (secondary N) is 1. The van der Waals surface area contributed by atoms with Gasteiger partial charge in [0, 0.05) is 44.1 Å². The summed E-state index contributed by atoms with van der Waals surface area (Å²) in [7, 11) is 0. The summed E-state index contributed by atoms with van der Waals surface area (Å²) in [4.78, 5) is 17.5. The molecule has 2 fully saturated rings. The third-order valence-electron chi connectivity index (χ3n) is 6.50. The second-order valence-corrected chi connectivity index (χ2v) is 9.44. The molecule has 0 saturated carbocycles. The minimum absolute atomic E-state index is 0.0541. The topological polar surface area (TPSA) is 104 Å². The van der Waals surface area contributed by atoms with Crippen LogP contribution in [0.15, 0.2) is 24.5 Å². The molecule has 3 aromatic heterocycles. The Balaban J connectivity index is 1.40. The standard InChI is InChI=1S/C23H31FN8O2/c1-15(2)32-17-12-20(26-13-16(17)21(29-32)30-8-10-34-11-9-30)27-19-4-6-25-22(28-19)31-7-5-23(3,33)18(24)14-31/h4,6,12-13,15,18,33H,5,7-11,14H2,1-3H3,(H,25,26,27,28)/t18-,23+/m1/s1. The SMILES string of the molecule is CC(C)n1nc(N2CCOCC2)c2cnc(Nc3ccnc(N4CC[C@](C)(O)[C@H](F)C4)n3)cc21. The van der Waals surface area contributed by atoms with Crippen LogP contribution in [0.5, 0.6) is 0 Å². The van der Waals surface area contributed by atoms with E-state index in [0.717, 1.165) is 29.8 Å². The van der Waals surface area contributed by atoms with Crippen molar-refractivity contribution in [3.05, 3.63) is 24.5 Å². The first kappa shape index (κ1) is 22.7. The second kappa shape index (κ2) is 8.95. The summed E-state index contributed by atoms with van der Waals surface area (Å²) in [6, 6.07) is 3.91. The van der Waals surface area contributed by atoms with E-state index in [1.165, 1.54) is 6.92 Å². The molecule has 10 nitrogen and oxygen atoms in total. The summed E-state index contributed by atoms with van der Waals surface area (Å²) in [6.07, 6.45) is 2.44. The normalized spacial score (nSPS) is 23.6. The van der Waals surface area contributed by atoms with Crippen LogP contribution in [0.3, 0.4) is 0 Å². The van der Waals surface area contributed by atoms with Crippen molar-refractivity contribution in [3.8, 4) is 0 Å². The van der Waals surface area contributed by atoms with Gasteiger partial charge >= 0.3 is 0 Å². The summed E-state index contributed by atoms with van der Waals surface area (Å²) >= 11 is 0. The molecule has 0 aromatic carbocycles. The van der Waals surface area contributed by atoms with E-state index in [-0.39, 0.29) is 12.6 Å². The number of ether oxygens (including phenoxy) is 1. The van der Waals surface area contributed by atoms with Crippen molar-refractivity contribution in [3.63, 3.8) is 0 Å². The van der Waals surface area contributed by atoms with E-state index in [0.29, 0.717) is 43.8 Å². The molecule has 2 aliphatic heterocycles. The maximum absolute atomic E-state index is 14.3. The molecule has 11 heteroatoms. The van der Waals surface area contributed by atoms with Crippen LogP contribution in [0, 0.1) is 0 Å². The molecular formula is C23H31FN8O2. The monoisotopic (exact) mass is 470 g/mol. The van der Waals surface area contributed by atoms with Crippen LogP contribution in [0.1, 0.15) is 33.2 Å². The Hall–Kier alpha value is -3.05. The van der Waals surface area contributed by atoms with E-state index in [4.69, 9.17) is 9.84 Å². The zero-order chi connectivity index (χ0) is 23.9. The van der Waals surface area contributed by atoms with Gasteiger partial charge in [-0.2, -0.15) is 10.1 Å². The highest BCUT2D eigenvalue weighted by Gasteiger charge is 2.38. The van der Waals surface area contributed by atoms with Crippen LogP contribution in [-0.4, -0.2) is 81.0 Å². The average Bonchev–Trinajstić information content (AvgIpc) is 3.21. The molecule has 34 heavy (non-hydrogen) atoms. The van der Waals surface area contributed by atoms with Gasteiger partial charge in [-0.15, -0.1) is 0 Å². The van der Waals surface area contributed by atoms with Gasteiger partial charge in [0.15, 0.2) is 5.82 Å². The zero-order valence-corrected chi connectivity index (χ0v) is 19.8. The minimum Gasteiger partial charge on any atom is -0.387 e. The van der Waals surface area contributed by atoms with E-state index in [1.54, 1.807) is 17.2 Å². The highest BCUT2D eigenvalue weighted by atomic mass is 19.1. The van der Waals surface area contributed by atoms with Gasteiger partial charge in [-0.1, -0.05) is 0 Å². The van der Waals surface area contributed by atoms with Crippen LogP contribution in [-0.2, 0) is 4.74 Å². The molecule has 3 aromatic rings. The quantitative estimate of drug-likeness (QED) is 0.582. The predicted molar refractivity (Wildman–Crippen MR) is 129 cm³/mol. The molecule has 5 heterocycles. The number of aromatic nitrogens is 5. The number of anilines is 4. The van der Waals surface area contributed by atoms with E-state index in [2.05, 4.69) is 39.0 Å². The maximum atomic E-state index is 14.3. The second-order valence-electron chi connectivity index (χ2n) is 9.44. The lowest BCUT2D eigenvalue weighted by Gasteiger charge is -2.38. The van der Waals surface area contributed by atoms with Crippen LogP contribution < -0.4 is 15.1 Å². The Morgan fingerprint density at radius 1 is 1.18 bits per heavy atom. The van der Waals surface area contributed by atoms with Gasteiger partial charge in [-0.3, -0.25) is 4.68 Å². The van der Waals surface area contributed by atoms with Gasteiger partial charge in [-0.25, -0.2) is 14.4 Å². The molecule has 2 atom stereocenters. The average molecular weight is 471 g/mol. The summed E-state index contributed by atoms with van der Waals surface area (Å²) in [5.74, 6) is 2.55. The van der Waals surface area contributed by atoms with Crippen molar-refractivity contribution in [1.29, 1.82) is 0 Å². The molecule has 2 N–H and O–H groups in total. The highest BCUT2D eigenvalue weighted by molar-refractivity contribution is 5.92. The van der Waals surface area contributed by atoms with Gasteiger partial charge in [0.1, 0.15) is 17.8 Å². The number of alkyl halides is 1.